The molecule has 1 rings (SSSR count). The van der Waals surface area contributed by atoms with E-state index in [1.54, 1.807) is 14.0 Å². The molecule has 0 radical (unpaired) electrons. The topological polar surface area (TPSA) is 71.0 Å². The molecule has 2 unspecified atom stereocenters. The highest BCUT2D eigenvalue weighted by molar-refractivity contribution is 6.38. The summed E-state index contributed by atoms with van der Waals surface area (Å²) in [6, 6.07) is -0.372. The third kappa shape index (κ3) is 3.03. The molecular formula is C11H19N3O3. The summed E-state index contributed by atoms with van der Waals surface area (Å²) in [4.78, 5) is 22.7. The van der Waals surface area contributed by atoms with E-state index >= 15 is 0 Å². The first-order chi connectivity index (χ1) is 8.15. The molecule has 0 aromatic rings. The van der Waals surface area contributed by atoms with Gasteiger partial charge in [-0.15, -0.1) is 0 Å². The predicted octanol–water partition coefficient (Wildman–Crippen LogP) is -0.356. The van der Waals surface area contributed by atoms with E-state index in [0.717, 1.165) is 12.8 Å². The van der Waals surface area contributed by atoms with Crippen molar-refractivity contribution in [1.29, 1.82) is 0 Å². The van der Waals surface area contributed by atoms with Gasteiger partial charge >= 0.3 is 5.97 Å². The highest BCUT2D eigenvalue weighted by atomic mass is 16.5. The summed E-state index contributed by atoms with van der Waals surface area (Å²) < 4.78 is 4.94. The number of likely N-dealkylation sites (N-methyl/N-ethyl adjacent to an activating group) is 1. The van der Waals surface area contributed by atoms with E-state index in [-0.39, 0.29) is 12.0 Å². The molecule has 6 nitrogen and oxygen atoms in total. The standard InChI is InChI=1S/C11H19N3O3/c1-4-17-11(16)10-8(5-6-12-2)9(7-15)14(3)13-10/h7-9,12H,4-6H2,1-3H3. The number of hydrogen-bond donors (Lipinski definition) is 1. The maximum Gasteiger partial charge on any atom is 0.354 e. The van der Waals surface area contributed by atoms with Crippen LogP contribution in [0.1, 0.15) is 13.3 Å². The van der Waals surface area contributed by atoms with Gasteiger partial charge in [-0.3, -0.25) is 5.01 Å². The van der Waals surface area contributed by atoms with Crippen LogP contribution in [0.4, 0.5) is 0 Å². The van der Waals surface area contributed by atoms with E-state index in [1.165, 1.54) is 5.01 Å². The number of hydrogen-bond acceptors (Lipinski definition) is 6. The largest absolute Gasteiger partial charge is 0.461 e. The SMILES string of the molecule is CCOC(=O)C1=NN(C)C(C=O)C1CCNC. The molecule has 0 aromatic carbocycles. The third-order valence-corrected chi connectivity index (χ3v) is 2.79. The Morgan fingerprint density at radius 3 is 2.88 bits per heavy atom. The Hall–Kier alpha value is -1.43. The molecule has 0 amide bonds. The maximum absolute atomic E-state index is 11.7. The van der Waals surface area contributed by atoms with Crippen LogP contribution in [0.2, 0.25) is 0 Å². The fraction of sp³-hybridized carbons (Fsp3) is 0.727. The normalized spacial score (nSPS) is 23.5. The van der Waals surface area contributed by atoms with Crippen molar-refractivity contribution in [3.63, 3.8) is 0 Å². The van der Waals surface area contributed by atoms with Crippen molar-refractivity contribution in [3.05, 3.63) is 0 Å². The van der Waals surface area contributed by atoms with Crippen molar-refractivity contribution in [3.8, 4) is 0 Å². The van der Waals surface area contributed by atoms with Gasteiger partial charge in [-0.1, -0.05) is 0 Å². The lowest BCUT2D eigenvalue weighted by Gasteiger charge is -2.19. The van der Waals surface area contributed by atoms with Crippen LogP contribution < -0.4 is 5.32 Å². The summed E-state index contributed by atoms with van der Waals surface area (Å²) in [7, 11) is 3.52. The number of nitrogens with zero attached hydrogens (tertiary/aromatic N) is 2. The van der Waals surface area contributed by atoms with Gasteiger partial charge in [0.05, 0.1) is 6.61 Å². The van der Waals surface area contributed by atoms with Gasteiger partial charge in [-0.25, -0.2) is 4.79 Å². The monoisotopic (exact) mass is 241 g/mol. The van der Waals surface area contributed by atoms with Crippen LogP contribution in [0.5, 0.6) is 0 Å². The molecule has 96 valence electrons. The zero-order valence-corrected chi connectivity index (χ0v) is 10.5. The van der Waals surface area contributed by atoms with E-state index in [1.807, 2.05) is 7.05 Å². The minimum atomic E-state index is -0.426. The number of carbonyl (C=O) groups excluding carboxylic acids is 2. The summed E-state index contributed by atoms with van der Waals surface area (Å²) in [6.07, 6.45) is 1.51. The summed E-state index contributed by atoms with van der Waals surface area (Å²) in [6.45, 7) is 2.78. The first kappa shape index (κ1) is 13.6. The Labute approximate surface area is 101 Å². The van der Waals surface area contributed by atoms with Gasteiger partial charge in [0.1, 0.15) is 12.3 Å². The first-order valence-electron chi connectivity index (χ1n) is 5.74. The third-order valence-electron chi connectivity index (χ3n) is 2.79. The van der Waals surface area contributed by atoms with Crippen LogP contribution in [0.3, 0.4) is 0 Å². The maximum atomic E-state index is 11.7. The van der Waals surface area contributed by atoms with Gasteiger partial charge in [0.2, 0.25) is 0 Å². The Balaban J connectivity index is 2.80. The number of hydrazone groups is 1. The molecule has 0 spiro atoms. The fourth-order valence-corrected chi connectivity index (χ4v) is 1.92. The molecule has 0 aliphatic carbocycles. The zero-order chi connectivity index (χ0) is 12.8. The van der Waals surface area contributed by atoms with Crippen molar-refractivity contribution in [2.75, 3.05) is 27.2 Å². The van der Waals surface area contributed by atoms with Gasteiger partial charge in [0.25, 0.3) is 0 Å². The van der Waals surface area contributed by atoms with E-state index in [4.69, 9.17) is 4.74 Å². The van der Waals surface area contributed by atoms with Crippen LogP contribution in [-0.2, 0) is 14.3 Å². The van der Waals surface area contributed by atoms with Gasteiger partial charge in [0.15, 0.2) is 5.71 Å². The molecule has 0 bridgehead atoms. The average molecular weight is 241 g/mol. The number of rotatable bonds is 6. The van der Waals surface area contributed by atoms with Crippen LogP contribution in [0.25, 0.3) is 0 Å². The Morgan fingerprint density at radius 2 is 2.35 bits per heavy atom. The molecule has 1 aliphatic rings. The van der Waals surface area contributed by atoms with Crippen LogP contribution in [0, 0.1) is 5.92 Å². The Kier molecular flexibility index (Phi) is 5.09. The summed E-state index contributed by atoms with van der Waals surface area (Å²) in [5.41, 5.74) is 0.349. The lowest BCUT2D eigenvalue weighted by atomic mass is 9.93. The highest BCUT2D eigenvalue weighted by Gasteiger charge is 2.39. The number of aldehydes is 1. The van der Waals surface area contributed by atoms with Crippen molar-refractivity contribution < 1.29 is 14.3 Å². The number of esters is 1. The van der Waals surface area contributed by atoms with Crippen molar-refractivity contribution in [2.45, 2.75) is 19.4 Å². The minimum absolute atomic E-state index is 0.191. The molecular weight excluding hydrogens is 222 g/mol. The first-order valence-corrected chi connectivity index (χ1v) is 5.74. The van der Waals surface area contributed by atoms with E-state index in [9.17, 15) is 9.59 Å². The van der Waals surface area contributed by atoms with Crippen LogP contribution in [0.15, 0.2) is 5.10 Å². The predicted molar refractivity (Wildman–Crippen MR) is 63.7 cm³/mol. The van der Waals surface area contributed by atoms with Crippen molar-refractivity contribution >= 4 is 18.0 Å². The number of carbonyl (C=O) groups is 2. The van der Waals surface area contributed by atoms with Gasteiger partial charge in [-0.05, 0) is 26.9 Å². The summed E-state index contributed by atoms with van der Waals surface area (Å²) in [5, 5.41) is 8.64. The van der Waals surface area contributed by atoms with Crippen molar-refractivity contribution in [1.82, 2.24) is 10.3 Å². The highest BCUT2D eigenvalue weighted by Crippen LogP contribution is 2.23. The summed E-state index contributed by atoms with van der Waals surface area (Å²) in [5.74, 6) is -0.617. The van der Waals surface area contributed by atoms with Crippen LogP contribution >= 0.6 is 0 Å². The Morgan fingerprint density at radius 1 is 1.65 bits per heavy atom. The molecule has 17 heavy (non-hydrogen) atoms. The fourth-order valence-electron chi connectivity index (χ4n) is 1.92. The average Bonchev–Trinajstić information content (AvgIpc) is 2.63. The van der Waals surface area contributed by atoms with E-state index in [0.29, 0.717) is 18.7 Å². The van der Waals surface area contributed by atoms with Gasteiger partial charge < -0.3 is 14.8 Å². The molecule has 2 atom stereocenters. The lowest BCUT2D eigenvalue weighted by molar-refractivity contribution is -0.135. The lowest BCUT2D eigenvalue weighted by Crippen LogP contribution is -2.36. The summed E-state index contributed by atoms with van der Waals surface area (Å²) >= 11 is 0. The second-order valence-corrected chi connectivity index (χ2v) is 3.90. The Bertz CT molecular complexity index is 317. The molecule has 1 aliphatic heterocycles. The molecule has 1 N–H and O–H groups in total. The molecule has 0 aromatic heterocycles. The molecule has 0 saturated carbocycles. The molecule has 6 heteroatoms. The molecule has 1 heterocycles. The zero-order valence-electron chi connectivity index (χ0n) is 10.5. The molecule has 0 saturated heterocycles. The quantitative estimate of drug-likeness (QED) is 0.508. The van der Waals surface area contributed by atoms with Crippen LogP contribution in [-0.4, -0.2) is 56.3 Å². The van der Waals surface area contributed by atoms with E-state index in [2.05, 4.69) is 10.4 Å². The van der Waals surface area contributed by atoms with Gasteiger partial charge in [0, 0.05) is 13.0 Å². The van der Waals surface area contributed by atoms with Crippen molar-refractivity contribution in [2.24, 2.45) is 11.0 Å². The number of nitrogens with one attached hydrogen (secondary N) is 1. The van der Waals surface area contributed by atoms with Gasteiger partial charge in [-0.2, -0.15) is 5.10 Å². The smallest absolute Gasteiger partial charge is 0.354 e. The second-order valence-electron chi connectivity index (χ2n) is 3.90. The van der Waals surface area contributed by atoms with E-state index < -0.39 is 5.97 Å². The number of ether oxygens (including phenoxy) is 1. The molecule has 0 fully saturated rings. The second kappa shape index (κ2) is 6.34. The minimum Gasteiger partial charge on any atom is -0.461 e.